The summed E-state index contributed by atoms with van der Waals surface area (Å²) in [5, 5.41) is 3.96. The van der Waals surface area contributed by atoms with Gasteiger partial charge in [0.1, 0.15) is 11.4 Å². The van der Waals surface area contributed by atoms with E-state index in [-0.39, 0.29) is 5.91 Å². The summed E-state index contributed by atoms with van der Waals surface area (Å²) >= 11 is 0. The van der Waals surface area contributed by atoms with Gasteiger partial charge in [-0.05, 0) is 18.1 Å². The zero-order valence-electron chi connectivity index (χ0n) is 11.6. The normalized spacial score (nSPS) is 10.7. The number of amides is 1. The minimum Gasteiger partial charge on any atom is -0.495 e. The van der Waals surface area contributed by atoms with Crippen LogP contribution in [-0.2, 0) is 18.3 Å². The van der Waals surface area contributed by atoms with Crippen molar-refractivity contribution in [1.82, 2.24) is 14.9 Å². The molecule has 0 aliphatic rings. The summed E-state index contributed by atoms with van der Waals surface area (Å²) in [4.78, 5) is 15.6. The summed E-state index contributed by atoms with van der Waals surface area (Å²) in [6.07, 6.45) is 5.07. The van der Waals surface area contributed by atoms with Crippen molar-refractivity contribution in [3.05, 3.63) is 24.0 Å². The Bertz CT molecular complexity index is 590. The largest absolute Gasteiger partial charge is 0.495 e. The smallest absolute Gasteiger partial charge is 0.219 e. The number of hydrogen-bond donors (Lipinski definition) is 1. The third-order valence-electron chi connectivity index (χ3n) is 3.14. The molecule has 1 amide bonds. The van der Waals surface area contributed by atoms with Crippen molar-refractivity contribution >= 4 is 16.9 Å². The number of nitrogens with one attached hydrogen (secondary N) is 1. The molecule has 0 aromatic carbocycles. The third kappa shape index (κ3) is 2.86. The monoisotopic (exact) mass is 261 g/mol. The first-order chi connectivity index (χ1) is 9.15. The zero-order chi connectivity index (χ0) is 13.8. The summed E-state index contributed by atoms with van der Waals surface area (Å²) in [6.45, 7) is 2.49. The van der Waals surface area contributed by atoms with E-state index in [4.69, 9.17) is 4.74 Å². The highest BCUT2D eigenvalue weighted by Gasteiger charge is 2.09. The van der Waals surface area contributed by atoms with Crippen molar-refractivity contribution in [3.63, 3.8) is 0 Å². The Morgan fingerprint density at radius 2 is 2.32 bits per heavy atom. The Kier molecular flexibility index (Phi) is 4.04. The molecule has 0 saturated heterocycles. The van der Waals surface area contributed by atoms with Crippen molar-refractivity contribution in [3.8, 4) is 5.75 Å². The number of methoxy groups -OCH3 is 1. The van der Waals surface area contributed by atoms with Gasteiger partial charge in [0.25, 0.3) is 0 Å². The molecule has 2 aromatic rings. The maximum absolute atomic E-state index is 11.2. The van der Waals surface area contributed by atoms with Crippen LogP contribution in [-0.4, -0.2) is 29.1 Å². The van der Waals surface area contributed by atoms with E-state index in [1.54, 1.807) is 13.3 Å². The van der Waals surface area contributed by atoms with Crippen LogP contribution in [0.15, 0.2) is 18.5 Å². The van der Waals surface area contributed by atoms with E-state index >= 15 is 0 Å². The van der Waals surface area contributed by atoms with Gasteiger partial charge in [0.15, 0.2) is 0 Å². The first kappa shape index (κ1) is 13.4. The van der Waals surface area contributed by atoms with E-state index in [9.17, 15) is 4.79 Å². The van der Waals surface area contributed by atoms with E-state index in [1.807, 2.05) is 24.6 Å². The molecule has 5 nitrogen and oxygen atoms in total. The van der Waals surface area contributed by atoms with Gasteiger partial charge >= 0.3 is 0 Å². The summed E-state index contributed by atoms with van der Waals surface area (Å²) < 4.78 is 7.20. The number of carbonyl (C=O) groups excluding carboxylic acids is 1. The minimum atomic E-state index is 0.0796. The van der Waals surface area contributed by atoms with Gasteiger partial charge < -0.3 is 14.6 Å². The van der Waals surface area contributed by atoms with Crippen molar-refractivity contribution in [2.75, 3.05) is 13.7 Å². The molecule has 0 saturated carbocycles. The number of ether oxygens (including phenoxy) is 1. The van der Waals surface area contributed by atoms with Crippen LogP contribution in [0.2, 0.25) is 0 Å². The van der Waals surface area contributed by atoms with Gasteiger partial charge in [-0.3, -0.25) is 4.79 Å². The predicted octanol–water partition coefficient (Wildman–Crippen LogP) is 1.65. The molecule has 0 unspecified atom stereocenters. The maximum Gasteiger partial charge on any atom is 0.219 e. The number of aryl methyl sites for hydroxylation is 1. The minimum absolute atomic E-state index is 0.0796. The first-order valence-electron chi connectivity index (χ1n) is 6.40. The highest BCUT2D eigenvalue weighted by molar-refractivity contribution is 5.82. The summed E-state index contributed by atoms with van der Waals surface area (Å²) in [5.74, 6) is 0.827. The fraction of sp³-hybridized carbons (Fsp3) is 0.429. The molecule has 0 radical (unpaired) electrons. The lowest BCUT2D eigenvalue weighted by molar-refractivity contribution is -0.120. The van der Waals surface area contributed by atoms with E-state index in [0.717, 1.165) is 23.2 Å². The molecule has 2 heterocycles. The number of nitrogens with zero attached hydrogens (tertiary/aromatic N) is 2. The SMILES string of the molecule is CCC(=O)NCCc1cn(C)c2ncc(OC)cc12. The Hall–Kier alpha value is -2.04. The van der Waals surface area contributed by atoms with Crippen molar-refractivity contribution in [2.24, 2.45) is 7.05 Å². The molecular formula is C14H19N3O2. The molecule has 0 fully saturated rings. The zero-order valence-corrected chi connectivity index (χ0v) is 11.6. The van der Waals surface area contributed by atoms with Crippen LogP contribution >= 0.6 is 0 Å². The molecule has 2 rings (SSSR count). The molecule has 102 valence electrons. The lowest BCUT2D eigenvalue weighted by atomic mass is 10.1. The van der Waals surface area contributed by atoms with Crippen molar-refractivity contribution in [2.45, 2.75) is 19.8 Å². The van der Waals surface area contributed by atoms with Gasteiger partial charge in [-0.25, -0.2) is 4.98 Å². The topological polar surface area (TPSA) is 56.2 Å². The van der Waals surface area contributed by atoms with Gasteiger partial charge in [0.2, 0.25) is 5.91 Å². The third-order valence-corrected chi connectivity index (χ3v) is 3.14. The molecule has 5 heteroatoms. The molecule has 0 aliphatic carbocycles. The second kappa shape index (κ2) is 5.73. The molecule has 2 aromatic heterocycles. The van der Waals surface area contributed by atoms with E-state index in [0.29, 0.717) is 13.0 Å². The fourth-order valence-electron chi connectivity index (χ4n) is 2.09. The number of carbonyl (C=O) groups is 1. The Morgan fingerprint density at radius 3 is 3.00 bits per heavy atom. The van der Waals surface area contributed by atoms with E-state index in [1.165, 1.54) is 5.56 Å². The lowest BCUT2D eigenvalue weighted by Gasteiger charge is -2.03. The van der Waals surface area contributed by atoms with E-state index in [2.05, 4.69) is 16.5 Å². The van der Waals surface area contributed by atoms with Crippen LogP contribution in [0.3, 0.4) is 0 Å². The second-order valence-electron chi connectivity index (χ2n) is 4.47. The van der Waals surface area contributed by atoms with Crippen LogP contribution in [0.4, 0.5) is 0 Å². The van der Waals surface area contributed by atoms with E-state index < -0.39 is 0 Å². The second-order valence-corrected chi connectivity index (χ2v) is 4.47. The molecular weight excluding hydrogens is 242 g/mol. The quantitative estimate of drug-likeness (QED) is 0.890. The van der Waals surface area contributed by atoms with Gasteiger partial charge in [-0.2, -0.15) is 0 Å². The van der Waals surface area contributed by atoms with Gasteiger partial charge in [0, 0.05) is 31.6 Å². The van der Waals surface area contributed by atoms with Gasteiger partial charge in [-0.1, -0.05) is 6.92 Å². The standard InChI is InChI=1S/C14H19N3O2/c1-4-13(18)15-6-5-10-9-17(2)14-12(10)7-11(19-3)8-16-14/h7-9H,4-6H2,1-3H3,(H,15,18). The summed E-state index contributed by atoms with van der Waals surface area (Å²) in [6, 6.07) is 1.99. The lowest BCUT2D eigenvalue weighted by Crippen LogP contribution is -2.24. The number of pyridine rings is 1. The van der Waals surface area contributed by atoms with Crippen molar-refractivity contribution < 1.29 is 9.53 Å². The predicted molar refractivity (Wildman–Crippen MR) is 74.3 cm³/mol. The van der Waals surface area contributed by atoms with Crippen LogP contribution < -0.4 is 10.1 Å². The number of aromatic nitrogens is 2. The molecule has 1 N–H and O–H groups in total. The first-order valence-corrected chi connectivity index (χ1v) is 6.40. The molecule has 19 heavy (non-hydrogen) atoms. The van der Waals surface area contributed by atoms with Crippen molar-refractivity contribution in [1.29, 1.82) is 0 Å². The fourth-order valence-corrected chi connectivity index (χ4v) is 2.09. The summed E-state index contributed by atoms with van der Waals surface area (Å²) in [5.41, 5.74) is 2.10. The number of hydrogen-bond acceptors (Lipinski definition) is 3. The average molecular weight is 261 g/mol. The number of rotatable bonds is 5. The molecule has 0 aliphatic heterocycles. The van der Waals surface area contributed by atoms with Gasteiger partial charge in [0.05, 0.1) is 13.3 Å². The Balaban J connectivity index is 2.20. The molecule has 0 bridgehead atoms. The molecule has 0 spiro atoms. The molecule has 0 atom stereocenters. The Labute approximate surface area is 112 Å². The average Bonchev–Trinajstić information content (AvgIpc) is 2.74. The highest BCUT2D eigenvalue weighted by atomic mass is 16.5. The van der Waals surface area contributed by atoms with Gasteiger partial charge in [-0.15, -0.1) is 0 Å². The number of fused-ring (bicyclic) bond motifs is 1. The van der Waals surface area contributed by atoms with Crippen LogP contribution in [0.1, 0.15) is 18.9 Å². The summed E-state index contributed by atoms with van der Waals surface area (Å²) in [7, 11) is 3.60. The van der Waals surface area contributed by atoms with Crippen LogP contribution in [0.25, 0.3) is 11.0 Å². The van der Waals surface area contributed by atoms with Crippen LogP contribution in [0.5, 0.6) is 5.75 Å². The highest BCUT2D eigenvalue weighted by Crippen LogP contribution is 2.23. The Morgan fingerprint density at radius 1 is 1.53 bits per heavy atom. The maximum atomic E-state index is 11.2. The van der Waals surface area contributed by atoms with Crippen LogP contribution in [0, 0.1) is 0 Å².